The van der Waals surface area contributed by atoms with Gasteiger partial charge in [-0.3, -0.25) is 4.57 Å². The highest BCUT2D eigenvalue weighted by atomic mass is 31.2. The summed E-state index contributed by atoms with van der Waals surface area (Å²) >= 11 is 0. The molecule has 0 aromatic rings. The van der Waals surface area contributed by atoms with Crippen LogP contribution < -0.4 is 0 Å². The van der Waals surface area contributed by atoms with E-state index in [2.05, 4.69) is 13.0 Å². The zero-order valence-electron chi connectivity index (χ0n) is 14.1. The zero-order valence-corrected chi connectivity index (χ0v) is 14.9. The Morgan fingerprint density at radius 3 is 1.95 bits per heavy atom. The Balaban J connectivity index is 3.74. The van der Waals surface area contributed by atoms with Crippen LogP contribution in [0.1, 0.15) is 72.1 Å². The van der Waals surface area contributed by atoms with Gasteiger partial charge in [-0.15, -0.1) is 0 Å². The Labute approximate surface area is 131 Å². The largest absolute Gasteiger partial charge is 0.354 e. The van der Waals surface area contributed by atoms with E-state index in [0.29, 0.717) is 13.2 Å². The second-order valence-corrected chi connectivity index (χ2v) is 6.95. The Bertz CT molecular complexity index is 314. The first-order valence-corrected chi connectivity index (χ1v) is 10.0. The fraction of sp³-hybridized carbons (Fsp3) is 0.765. The highest BCUT2D eigenvalue weighted by Crippen LogP contribution is 2.49. The summed E-state index contributed by atoms with van der Waals surface area (Å²) < 4.78 is 22.5. The van der Waals surface area contributed by atoms with Crippen molar-refractivity contribution in [3.05, 3.63) is 24.0 Å². The molecule has 0 aliphatic carbocycles. The number of unbranched alkanes of at least 4 members (excludes halogenated alkanes) is 7. The van der Waals surface area contributed by atoms with Gasteiger partial charge in [0.1, 0.15) is 0 Å². The molecule has 0 saturated heterocycles. The van der Waals surface area contributed by atoms with Crippen LogP contribution in [0.15, 0.2) is 24.0 Å². The van der Waals surface area contributed by atoms with Crippen LogP contribution in [0.4, 0.5) is 0 Å². The molecule has 0 bridgehead atoms. The van der Waals surface area contributed by atoms with Crippen molar-refractivity contribution >= 4 is 7.60 Å². The van der Waals surface area contributed by atoms with Gasteiger partial charge in [-0.05, 0) is 26.7 Å². The fourth-order valence-corrected chi connectivity index (χ4v) is 3.31. The van der Waals surface area contributed by atoms with Crippen LogP contribution >= 0.6 is 7.60 Å². The molecule has 0 saturated carbocycles. The zero-order chi connectivity index (χ0) is 15.8. The topological polar surface area (TPSA) is 35.5 Å². The van der Waals surface area contributed by atoms with Crippen molar-refractivity contribution in [2.24, 2.45) is 0 Å². The van der Waals surface area contributed by atoms with Gasteiger partial charge in [0.05, 0.1) is 13.2 Å². The SMILES string of the molecule is CCCCCCCCC/C=C\C=C\P(=O)(OCC)OCC. The minimum atomic E-state index is -3.03. The van der Waals surface area contributed by atoms with E-state index in [-0.39, 0.29) is 0 Å². The summed E-state index contributed by atoms with van der Waals surface area (Å²) in [7, 11) is -3.03. The van der Waals surface area contributed by atoms with Crippen molar-refractivity contribution in [2.75, 3.05) is 13.2 Å². The fourth-order valence-electron chi connectivity index (χ4n) is 2.03. The molecule has 0 aliphatic rings. The normalized spacial score (nSPS) is 12.7. The van der Waals surface area contributed by atoms with Crippen molar-refractivity contribution in [3.63, 3.8) is 0 Å². The third-order valence-corrected chi connectivity index (χ3v) is 4.88. The van der Waals surface area contributed by atoms with Gasteiger partial charge < -0.3 is 9.05 Å². The van der Waals surface area contributed by atoms with Crippen LogP contribution in [-0.4, -0.2) is 13.2 Å². The molecule has 0 amide bonds. The molecule has 0 aromatic carbocycles. The molecule has 0 rings (SSSR count). The third-order valence-electron chi connectivity index (χ3n) is 3.11. The summed E-state index contributed by atoms with van der Waals surface area (Å²) in [6.07, 6.45) is 16.2. The van der Waals surface area contributed by atoms with Gasteiger partial charge in [-0.2, -0.15) is 0 Å². The van der Waals surface area contributed by atoms with Gasteiger partial charge in [0, 0.05) is 5.82 Å². The molecule has 0 N–H and O–H groups in total. The summed E-state index contributed by atoms with van der Waals surface area (Å²) in [6, 6.07) is 0. The van der Waals surface area contributed by atoms with Gasteiger partial charge in [0.15, 0.2) is 0 Å². The molecule has 3 nitrogen and oxygen atoms in total. The lowest BCUT2D eigenvalue weighted by molar-refractivity contribution is 0.229. The molecule has 0 heterocycles. The van der Waals surface area contributed by atoms with Gasteiger partial charge in [-0.25, -0.2) is 0 Å². The second-order valence-electron chi connectivity index (χ2n) is 5.06. The average Bonchev–Trinajstić information content (AvgIpc) is 2.45. The number of hydrogen-bond donors (Lipinski definition) is 0. The van der Waals surface area contributed by atoms with Crippen LogP contribution in [0.25, 0.3) is 0 Å². The third kappa shape index (κ3) is 13.0. The standard InChI is InChI=1S/C17H33O3P/c1-4-7-8-9-10-11-12-13-14-15-16-17-21(18,19-5-2)20-6-3/h14-17H,4-13H2,1-3H3/b15-14-,17-16+. The first kappa shape index (κ1) is 20.6. The molecular formula is C17H33O3P. The minimum absolute atomic E-state index is 0.392. The van der Waals surface area contributed by atoms with E-state index in [0.717, 1.165) is 6.42 Å². The minimum Gasteiger partial charge on any atom is -0.306 e. The maximum Gasteiger partial charge on any atom is 0.354 e. The van der Waals surface area contributed by atoms with Crippen molar-refractivity contribution in [1.29, 1.82) is 0 Å². The van der Waals surface area contributed by atoms with Crippen molar-refractivity contribution in [1.82, 2.24) is 0 Å². The van der Waals surface area contributed by atoms with Gasteiger partial charge in [-0.1, -0.05) is 63.7 Å². The van der Waals surface area contributed by atoms with E-state index in [9.17, 15) is 4.57 Å². The highest BCUT2D eigenvalue weighted by Gasteiger charge is 2.17. The van der Waals surface area contributed by atoms with Gasteiger partial charge in [0.2, 0.25) is 0 Å². The van der Waals surface area contributed by atoms with Crippen LogP contribution in [0, 0.1) is 0 Å². The van der Waals surface area contributed by atoms with E-state index in [1.807, 2.05) is 19.9 Å². The van der Waals surface area contributed by atoms with E-state index < -0.39 is 7.60 Å². The Hall–Kier alpha value is -0.370. The lowest BCUT2D eigenvalue weighted by Crippen LogP contribution is -1.92. The lowest BCUT2D eigenvalue weighted by Gasteiger charge is -2.11. The van der Waals surface area contributed by atoms with Crippen molar-refractivity contribution in [3.8, 4) is 0 Å². The second kappa shape index (κ2) is 14.6. The monoisotopic (exact) mass is 316 g/mol. The van der Waals surface area contributed by atoms with Crippen LogP contribution in [0.5, 0.6) is 0 Å². The molecule has 0 aromatic heterocycles. The van der Waals surface area contributed by atoms with Crippen LogP contribution in [0.3, 0.4) is 0 Å². The molecule has 0 atom stereocenters. The molecule has 0 radical (unpaired) electrons. The van der Waals surface area contributed by atoms with E-state index >= 15 is 0 Å². The van der Waals surface area contributed by atoms with E-state index in [1.165, 1.54) is 44.9 Å². The molecule has 21 heavy (non-hydrogen) atoms. The summed E-state index contributed by atoms with van der Waals surface area (Å²) in [5.74, 6) is 1.54. The van der Waals surface area contributed by atoms with Crippen molar-refractivity contribution in [2.45, 2.75) is 72.1 Å². The predicted molar refractivity (Wildman–Crippen MR) is 91.7 cm³/mol. The molecule has 0 aliphatic heterocycles. The molecule has 0 fully saturated rings. The quantitative estimate of drug-likeness (QED) is 0.209. The maximum atomic E-state index is 12.1. The van der Waals surface area contributed by atoms with E-state index in [1.54, 1.807) is 11.9 Å². The van der Waals surface area contributed by atoms with Gasteiger partial charge in [0.25, 0.3) is 0 Å². The number of allylic oxidation sites excluding steroid dienone is 3. The number of hydrogen-bond acceptors (Lipinski definition) is 3. The molecular weight excluding hydrogens is 283 g/mol. The average molecular weight is 316 g/mol. The molecule has 0 unspecified atom stereocenters. The Morgan fingerprint density at radius 1 is 0.810 bits per heavy atom. The first-order valence-electron chi connectivity index (χ1n) is 8.41. The maximum absolute atomic E-state index is 12.1. The predicted octanol–water partition coefficient (Wildman–Crippen LogP) is 6.46. The molecule has 4 heteroatoms. The molecule has 0 spiro atoms. The number of rotatable bonds is 14. The first-order chi connectivity index (χ1) is 10.2. The summed E-state index contributed by atoms with van der Waals surface area (Å²) in [6.45, 7) is 6.66. The highest BCUT2D eigenvalue weighted by molar-refractivity contribution is 7.57. The van der Waals surface area contributed by atoms with Crippen LogP contribution in [-0.2, 0) is 13.6 Å². The van der Waals surface area contributed by atoms with Crippen molar-refractivity contribution < 1.29 is 13.6 Å². The lowest BCUT2D eigenvalue weighted by atomic mass is 10.1. The summed E-state index contributed by atoms with van der Waals surface area (Å²) in [5, 5.41) is 0. The van der Waals surface area contributed by atoms with Gasteiger partial charge >= 0.3 is 7.60 Å². The Morgan fingerprint density at radius 2 is 1.38 bits per heavy atom. The summed E-state index contributed by atoms with van der Waals surface area (Å²) in [5.41, 5.74) is 0. The summed E-state index contributed by atoms with van der Waals surface area (Å²) in [4.78, 5) is 0. The Kier molecular flexibility index (Phi) is 14.3. The molecule has 124 valence electrons. The van der Waals surface area contributed by atoms with E-state index in [4.69, 9.17) is 9.05 Å². The smallest absolute Gasteiger partial charge is 0.306 e. The van der Waals surface area contributed by atoms with Crippen LogP contribution in [0.2, 0.25) is 0 Å².